The minimum absolute atomic E-state index is 0.0275. The number of carbonyl (C=O) groups excluding carboxylic acids is 1. The lowest BCUT2D eigenvalue weighted by atomic mass is 10.0. The molecule has 23 heavy (non-hydrogen) atoms. The van der Waals surface area contributed by atoms with Crippen molar-refractivity contribution in [1.82, 2.24) is 5.32 Å². The van der Waals surface area contributed by atoms with Crippen molar-refractivity contribution in [2.75, 3.05) is 0 Å². The van der Waals surface area contributed by atoms with E-state index in [0.717, 1.165) is 18.4 Å². The van der Waals surface area contributed by atoms with E-state index >= 15 is 0 Å². The van der Waals surface area contributed by atoms with Crippen molar-refractivity contribution in [2.45, 2.75) is 25.8 Å². The Balaban J connectivity index is 1.86. The van der Waals surface area contributed by atoms with Crippen molar-refractivity contribution in [3.63, 3.8) is 0 Å². The smallest absolute Gasteiger partial charge is 0.273 e. The van der Waals surface area contributed by atoms with Gasteiger partial charge in [0.25, 0.3) is 11.6 Å². The molecule has 1 saturated carbocycles. The minimum atomic E-state index is -0.457. The van der Waals surface area contributed by atoms with Crippen LogP contribution in [0.25, 0.3) is 0 Å². The van der Waals surface area contributed by atoms with E-state index in [1.54, 1.807) is 19.1 Å². The molecule has 2 aromatic rings. The standard InChI is InChI=1S/C18H18N2O3/c1-12-15(8-5-9-16(12)20(22)23)18(21)19-17(14-10-11-14)13-6-3-2-4-7-13/h2-9,14,17H,10-11H2,1H3,(H,19,21)/t17-/m0/s1. The fourth-order valence-electron chi connectivity index (χ4n) is 2.85. The van der Waals surface area contributed by atoms with Crippen LogP contribution < -0.4 is 5.32 Å². The fourth-order valence-corrected chi connectivity index (χ4v) is 2.85. The van der Waals surface area contributed by atoms with Crippen molar-refractivity contribution in [3.05, 3.63) is 75.3 Å². The van der Waals surface area contributed by atoms with Crippen LogP contribution in [0.3, 0.4) is 0 Å². The highest BCUT2D eigenvalue weighted by Gasteiger charge is 2.34. The number of benzene rings is 2. The monoisotopic (exact) mass is 310 g/mol. The van der Waals surface area contributed by atoms with E-state index in [1.165, 1.54) is 6.07 Å². The Morgan fingerprint density at radius 3 is 2.48 bits per heavy atom. The quantitative estimate of drug-likeness (QED) is 0.674. The third-order valence-corrected chi connectivity index (χ3v) is 4.29. The SMILES string of the molecule is Cc1c(C(=O)N[C@@H](c2ccccc2)C2CC2)cccc1[N+](=O)[O-]. The maximum atomic E-state index is 12.6. The molecule has 0 bridgehead atoms. The first-order chi connectivity index (χ1) is 11.1. The summed E-state index contributed by atoms with van der Waals surface area (Å²) >= 11 is 0. The van der Waals surface area contributed by atoms with Crippen LogP contribution in [-0.4, -0.2) is 10.8 Å². The van der Waals surface area contributed by atoms with Gasteiger partial charge in [0.05, 0.1) is 11.0 Å². The number of nitro groups is 1. The van der Waals surface area contributed by atoms with Crippen molar-refractivity contribution >= 4 is 11.6 Å². The molecule has 5 nitrogen and oxygen atoms in total. The lowest BCUT2D eigenvalue weighted by molar-refractivity contribution is -0.385. The first-order valence-corrected chi connectivity index (χ1v) is 7.67. The Bertz CT molecular complexity index is 739. The summed E-state index contributed by atoms with van der Waals surface area (Å²) in [4.78, 5) is 23.2. The molecule has 3 rings (SSSR count). The molecule has 0 unspecified atom stereocenters. The van der Waals surface area contributed by atoms with Gasteiger partial charge in [-0.15, -0.1) is 0 Å². The van der Waals surface area contributed by atoms with Gasteiger partial charge in [0.1, 0.15) is 0 Å². The molecule has 0 spiro atoms. The zero-order chi connectivity index (χ0) is 16.4. The average molecular weight is 310 g/mol. The predicted octanol–water partition coefficient (Wildman–Crippen LogP) is 3.78. The summed E-state index contributed by atoms with van der Waals surface area (Å²) in [6.45, 7) is 1.61. The van der Waals surface area contributed by atoms with Crippen LogP contribution in [0.4, 0.5) is 5.69 Å². The summed E-state index contributed by atoms with van der Waals surface area (Å²) in [6, 6.07) is 14.4. The number of nitrogens with zero attached hydrogens (tertiary/aromatic N) is 1. The molecule has 2 aromatic carbocycles. The summed E-state index contributed by atoms with van der Waals surface area (Å²) in [5.41, 5.74) is 1.81. The Hall–Kier alpha value is -2.69. The largest absolute Gasteiger partial charge is 0.345 e. The fraction of sp³-hybridized carbons (Fsp3) is 0.278. The number of amides is 1. The molecule has 1 N–H and O–H groups in total. The Labute approximate surface area is 134 Å². The third kappa shape index (κ3) is 3.23. The van der Waals surface area contributed by atoms with E-state index < -0.39 is 4.92 Å². The summed E-state index contributed by atoms with van der Waals surface area (Å²) in [6.07, 6.45) is 2.18. The van der Waals surface area contributed by atoms with Crippen LogP contribution in [0.5, 0.6) is 0 Å². The molecule has 5 heteroatoms. The first-order valence-electron chi connectivity index (χ1n) is 7.67. The molecule has 0 radical (unpaired) electrons. The molecule has 1 aliphatic rings. The number of nitro benzene ring substituents is 1. The number of carbonyl (C=O) groups is 1. The Morgan fingerprint density at radius 2 is 1.87 bits per heavy atom. The van der Waals surface area contributed by atoms with Crippen LogP contribution in [0.2, 0.25) is 0 Å². The highest BCUT2D eigenvalue weighted by atomic mass is 16.6. The van der Waals surface area contributed by atoms with Gasteiger partial charge in [-0.1, -0.05) is 36.4 Å². The van der Waals surface area contributed by atoms with E-state index in [2.05, 4.69) is 5.32 Å². The molecular weight excluding hydrogens is 292 g/mol. The molecule has 118 valence electrons. The van der Waals surface area contributed by atoms with Crippen molar-refractivity contribution < 1.29 is 9.72 Å². The van der Waals surface area contributed by atoms with Gasteiger partial charge < -0.3 is 5.32 Å². The summed E-state index contributed by atoms with van der Waals surface area (Å²) < 4.78 is 0. The molecule has 1 atom stereocenters. The third-order valence-electron chi connectivity index (χ3n) is 4.29. The molecular formula is C18H18N2O3. The average Bonchev–Trinajstić information content (AvgIpc) is 3.38. The van der Waals surface area contributed by atoms with Crippen LogP contribution >= 0.6 is 0 Å². The van der Waals surface area contributed by atoms with E-state index in [9.17, 15) is 14.9 Å². The highest BCUT2D eigenvalue weighted by molar-refractivity contribution is 5.96. The van der Waals surface area contributed by atoms with Gasteiger partial charge in [0, 0.05) is 17.2 Å². The van der Waals surface area contributed by atoms with Gasteiger partial charge in [-0.2, -0.15) is 0 Å². The molecule has 1 amide bonds. The highest BCUT2D eigenvalue weighted by Crippen LogP contribution is 2.41. The van der Waals surface area contributed by atoms with Gasteiger partial charge in [0.2, 0.25) is 0 Å². The second-order valence-corrected chi connectivity index (χ2v) is 5.91. The Morgan fingerprint density at radius 1 is 1.17 bits per heavy atom. The molecule has 0 heterocycles. The zero-order valence-corrected chi connectivity index (χ0v) is 12.9. The van der Waals surface area contributed by atoms with E-state index in [-0.39, 0.29) is 17.6 Å². The minimum Gasteiger partial charge on any atom is -0.345 e. The van der Waals surface area contributed by atoms with Crippen molar-refractivity contribution in [2.24, 2.45) is 5.92 Å². The molecule has 0 aromatic heterocycles. The van der Waals surface area contributed by atoms with E-state index in [1.807, 2.05) is 30.3 Å². The van der Waals surface area contributed by atoms with Crippen LogP contribution in [0.15, 0.2) is 48.5 Å². The molecule has 0 saturated heterocycles. The van der Waals surface area contributed by atoms with Crippen molar-refractivity contribution in [3.8, 4) is 0 Å². The van der Waals surface area contributed by atoms with Gasteiger partial charge in [-0.25, -0.2) is 0 Å². The van der Waals surface area contributed by atoms with Crippen LogP contribution in [0.1, 0.15) is 40.4 Å². The molecule has 1 fully saturated rings. The maximum Gasteiger partial charge on any atom is 0.273 e. The topological polar surface area (TPSA) is 72.2 Å². The van der Waals surface area contributed by atoms with Gasteiger partial charge in [-0.3, -0.25) is 14.9 Å². The van der Waals surface area contributed by atoms with Gasteiger partial charge in [0.15, 0.2) is 0 Å². The molecule has 0 aliphatic heterocycles. The first kappa shape index (κ1) is 15.2. The van der Waals surface area contributed by atoms with E-state index in [4.69, 9.17) is 0 Å². The normalized spacial score (nSPS) is 15.0. The lowest BCUT2D eigenvalue weighted by Crippen LogP contribution is -2.30. The summed E-state index contributed by atoms with van der Waals surface area (Å²) in [5.74, 6) is 0.187. The number of hydrogen-bond donors (Lipinski definition) is 1. The van der Waals surface area contributed by atoms with E-state index in [0.29, 0.717) is 17.0 Å². The number of rotatable bonds is 5. The number of hydrogen-bond acceptors (Lipinski definition) is 3. The van der Waals surface area contributed by atoms with Gasteiger partial charge in [-0.05, 0) is 37.3 Å². The second kappa shape index (κ2) is 6.20. The molecule has 1 aliphatic carbocycles. The maximum absolute atomic E-state index is 12.6. The second-order valence-electron chi connectivity index (χ2n) is 5.91. The van der Waals surface area contributed by atoms with Crippen LogP contribution in [0, 0.1) is 23.0 Å². The summed E-state index contributed by atoms with van der Waals surface area (Å²) in [7, 11) is 0. The summed E-state index contributed by atoms with van der Waals surface area (Å²) in [5, 5.41) is 14.1. The van der Waals surface area contributed by atoms with Crippen LogP contribution in [-0.2, 0) is 0 Å². The Kier molecular flexibility index (Phi) is 4.10. The lowest BCUT2D eigenvalue weighted by Gasteiger charge is -2.19. The van der Waals surface area contributed by atoms with Gasteiger partial charge >= 0.3 is 0 Å². The van der Waals surface area contributed by atoms with Crippen molar-refractivity contribution in [1.29, 1.82) is 0 Å². The zero-order valence-electron chi connectivity index (χ0n) is 12.9. The predicted molar refractivity (Wildman–Crippen MR) is 87.2 cm³/mol. The number of nitrogens with one attached hydrogen (secondary N) is 1.